The fourth-order valence-electron chi connectivity index (χ4n) is 3.42. The van der Waals surface area contributed by atoms with Crippen molar-refractivity contribution < 1.29 is 13.2 Å². The van der Waals surface area contributed by atoms with E-state index < -0.39 is 16.1 Å². The third-order valence-corrected chi connectivity index (χ3v) is 7.15. The van der Waals surface area contributed by atoms with E-state index in [4.69, 9.17) is 23.2 Å². The Balaban J connectivity index is 1.41. The van der Waals surface area contributed by atoms with Crippen LogP contribution in [0.1, 0.15) is 5.56 Å². The predicted molar refractivity (Wildman–Crippen MR) is 141 cm³/mol. The number of rotatable bonds is 7. The first-order valence-electron chi connectivity index (χ1n) is 10.6. The van der Waals surface area contributed by atoms with Gasteiger partial charge in [0.15, 0.2) is 0 Å². The molecule has 4 aromatic rings. The summed E-state index contributed by atoms with van der Waals surface area (Å²) >= 11 is 12.1. The summed E-state index contributed by atoms with van der Waals surface area (Å²) in [5.41, 5.74) is 2.96. The Bertz CT molecular complexity index is 1440. The molecule has 0 atom stereocenters. The van der Waals surface area contributed by atoms with Gasteiger partial charge in [0.25, 0.3) is 10.0 Å². The number of anilines is 2. The Labute approximate surface area is 214 Å². The molecular weight excluding hydrogens is 505 g/mol. The number of sulfonamides is 1. The molecule has 0 saturated carbocycles. The number of benzene rings is 4. The molecule has 0 fully saturated rings. The molecule has 0 spiro atoms. The Kier molecular flexibility index (Phi) is 7.60. The molecule has 0 aliphatic rings. The number of hydrogen-bond acceptors (Lipinski definition) is 3. The molecule has 3 N–H and O–H groups in total. The lowest BCUT2D eigenvalue weighted by molar-refractivity contribution is 0.251. The van der Waals surface area contributed by atoms with E-state index in [0.29, 0.717) is 32.5 Å². The molecule has 0 radical (unpaired) electrons. The van der Waals surface area contributed by atoms with Crippen molar-refractivity contribution in [2.45, 2.75) is 11.4 Å². The Hall–Kier alpha value is -3.52. The summed E-state index contributed by atoms with van der Waals surface area (Å²) in [6, 6.07) is 27.1. The van der Waals surface area contributed by atoms with Crippen LogP contribution in [0, 0.1) is 0 Å². The van der Waals surface area contributed by atoms with Crippen LogP contribution >= 0.6 is 23.2 Å². The van der Waals surface area contributed by atoms with E-state index in [1.54, 1.807) is 66.7 Å². The monoisotopic (exact) mass is 525 g/mol. The molecule has 0 unspecified atom stereocenters. The average Bonchev–Trinajstić information content (AvgIpc) is 2.86. The van der Waals surface area contributed by atoms with Crippen LogP contribution in [-0.4, -0.2) is 14.4 Å². The zero-order valence-electron chi connectivity index (χ0n) is 18.3. The summed E-state index contributed by atoms with van der Waals surface area (Å²) in [5, 5.41) is 6.43. The van der Waals surface area contributed by atoms with Gasteiger partial charge in [0.2, 0.25) is 0 Å². The Morgan fingerprint density at radius 1 is 0.771 bits per heavy atom. The Morgan fingerprint density at radius 2 is 1.43 bits per heavy atom. The summed E-state index contributed by atoms with van der Waals surface area (Å²) in [6.07, 6.45) is 0. The molecule has 0 heterocycles. The second kappa shape index (κ2) is 10.8. The highest BCUT2D eigenvalue weighted by molar-refractivity contribution is 7.92. The lowest BCUT2D eigenvalue weighted by atomic mass is 10.1. The molecular formula is C26H21Cl2N3O3S. The second-order valence-electron chi connectivity index (χ2n) is 7.59. The largest absolute Gasteiger partial charge is 0.334 e. The third kappa shape index (κ3) is 6.33. The summed E-state index contributed by atoms with van der Waals surface area (Å²) in [4.78, 5) is 12.4. The number of urea groups is 1. The van der Waals surface area contributed by atoms with E-state index in [0.717, 1.165) is 5.56 Å². The van der Waals surface area contributed by atoms with Gasteiger partial charge in [-0.3, -0.25) is 4.72 Å². The van der Waals surface area contributed by atoms with Gasteiger partial charge in [-0.05, 0) is 59.7 Å². The van der Waals surface area contributed by atoms with Crippen LogP contribution in [0.15, 0.2) is 102 Å². The van der Waals surface area contributed by atoms with E-state index in [-0.39, 0.29) is 11.4 Å². The maximum atomic E-state index is 13.1. The SMILES string of the molecule is O=C(NCc1cc(Cl)ccc1Cl)Nc1ccc(NS(=O)(=O)c2ccccc2-c2ccccc2)cc1. The van der Waals surface area contributed by atoms with E-state index >= 15 is 0 Å². The third-order valence-electron chi connectivity index (χ3n) is 5.10. The fraction of sp³-hybridized carbons (Fsp3) is 0.0385. The first-order chi connectivity index (χ1) is 16.8. The molecule has 6 nitrogen and oxygen atoms in total. The highest BCUT2D eigenvalue weighted by Crippen LogP contribution is 2.29. The van der Waals surface area contributed by atoms with Crippen molar-refractivity contribution in [3.8, 4) is 11.1 Å². The number of nitrogens with one attached hydrogen (secondary N) is 3. The molecule has 178 valence electrons. The van der Waals surface area contributed by atoms with Crippen molar-refractivity contribution in [2.24, 2.45) is 0 Å². The summed E-state index contributed by atoms with van der Waals surface area (Å²) in [7, 11) is -3.85. The number of amides is 2. The van der Waals surface area contributed by atoms with Crippen LogP contribution in [0.2, 0.25) is 10.0 Å². The normalized spacial score (nSPS) is 11.0. The summed E-state index contributed by atoms with van der Waals surface area (Å²) in [5.74, 6) is 0. The van der Waals surface area contributed by atoms with Crippen molar-refractivity contribution in [1.29, 1.82) is 0 Å². The lowest BCUT2D eigenvalue weighted by Crippen LogP contribution is -2.28. The number of carbonyl (C=O) groups excluding carboxylic acids is 1. The topological polar surface area (TPSA) is 87.3 Å². The van der Waals surface area contributed by atoms with Crippen LogP contribution in [0.25, 0.3) is 11.1 Å². The second-order valence-corrected chi connectivity index (χ2v) is 10.1. The predicted octanol–water partition coefficient (Wildman–Crippen LogP) is 6.78. The molecule has 2 amide bonds. The van der Waals surface area contributed by atoms with Gasteiger partial charge in [-0.2, -0.15) is 0 Å². The van der Waals surface area contributed by atoms with Crippen molar-refractivity contribution in [3.63, 3.8) is 0 Å². The smallest absolute Gasteiger partial charge is 0.319 e. The van der Waals surface area contributed by atoms with E-state index in [1.165, 1.54) is 0 Å². The van der Waals surface area contributed by atoms with Crippen molar-refractivity contribution in [2.75, 3.05) is 10.0 Å². The first-order valence-corrected chi connectivity index (χ1v) is 12.8. The van der Waals surface area contributed by atoms with Gasteiger partial charge < -0.3 is 10.6 Å². The van der Waals surface area contributed by atoms with Gasteiger partial charge >= 0.3 is 6.03 Å². The minimum atomic E-state index is -3.85. The van der Waals surface area contributed by atoms with E-state index in [1.807, 2.05) is 30.3 Å². The molecule has 0 saturated heterocycles. The molecule has 9 heteroatoms. The highest BCUT2D eigenvalue weighted by Gasteiger charge is 2.19. The van der Waals surface area contributed by atoms with Crippen molar-refractivity contribution in [3.05, 3.63) is 113 Å². The van der Waals surface area contributed by atoms with Crippen molar-refractivity contribution >= 4 is 50.6 Å². The number of halogens is 2. The average molecular weight is 526 g/mol. The maximum Gasteiger partial charge on any atom is 0.319 e. The van der Waals surface area contributed by atoms with Gasteiger partial charge in [-0.1, -0.05) is 71.7 Å². The molecule has 4 aromatic carbocycles. The minimum absolute atomic E-state index is 0.174. The lowest BCUT2D eigenvalue weighted by Gasteiger charge is -2.13. The van der Waals surface area contributed by atoms with Crippen LogP contribution in [-0.2, 0) is 16.6 Å². The molecule has 4 rings (SSSR count). The standard InChI is InChI=1S/C26H21Cl2N3O3S/c27-20-10-15-24(28)19(16-20)17-29-26(32)30-21-11-13-22(14-12-21)31-35(33,34)25-9-5-4-8-23(25)18-6-2-1-3-7-18/h1-16,31H,17H2,(H2,29,30,32). The Morgan fingerprint density at radius 3 is 2.17 bits per heavy atom. The molecule has 0 bridgehead atoms. The van der Waals surface area contributed by atoms with Gasteiger partial charge in [0, 0.05) is 33.5 Å². The van der Waals surface area contributed by atoms with Crippen LogP contribution < -0.4 is 15.4 Å². The molecule has 0 aliphatic carbocycles. The van der Waals surface area contributed by atoms with Gasteiger partial charge in [-0.25, -0.2) is 13.2 Å². The van der Waals surface area contributed by atoms with E-state index in [2.05, 4.69) is 15.4 Å². The minimum Gasteiger partial charge on any atom is -0.334 e. The molecule has 0 aromatic heterocycles. The van der Waals surface area contributed by atoms with Crippen LogP contribution in [0.3, 0.4) is 0 Å². The molecule has 0 aliphatic heterocycles. The zero-order chi connectivity index (χ0) is 24.8. The fourth-order valence-corrected chi connectivity index (χ4v) is 5.09. The van der Waals surface area contributed by atoms with E-state index in [9.17, 15) is 13.2 Å². The summed E-state index contributed by atoms with van der Waals surface area (Å²) in [6.45, 7) is 0.198. The zero-order valence-corrected chi connectivity index (χ0v) is 20.7. The van der Waals surface area contributed by atoms with Gasteiger partial charge in [0.05, 0.1) is 4.90 Å². The quantitative estimate of drug-likeness (QED) is 0.248. The highest BCUT2D eigenvalue weighted by atomic mass is 35.5. The summed E-state index contributed by atoms with van der Waals surface area (Å²) < 4.78 is 28.8. The van der Waals surface area contributed by atoms with Gasteiger partial charge in [-0.15, -0.1) is 0 Å². The maximum absolute atomic E-state index is 13.1. The number of carbonyl (C=O) groups is 1. The first kappa shape index (κ1) is 24.6. The molecule has 35 heavy (non-hydrogen) atoms. The van der Waals surface area contributed by atoms with Crippen LogP contribution in [0.5, 0.6) is 0 Å². The van der Waals surface area contributed by atoms with Crippen molar-refractivity contribution in [1.82, 2.24) is 5.32 Å². The number of hydrogen-bond donors (Lipinski definition) is 3. The van der Waals surface area contributed by atoms with Crippen LogP contribution in [0.4, 0.5) is 16.2 Å². The van der Waals surface area contributed by atoms with Gasteiger partial charge in [0.1, 0.15) is 0 Å².